The smallest absolute Gasteiger partial charge is 0.158 e. The highest BCUT2D eigenvalue weighted by Gasteiger charge is 2.36. The zero-order valence-electron chi connectivity index (χ0n) is 12.2. The lowest BCUT2D eigenvalue weighted by Gasteiger charge is -2.37. The third kappa shape index (κ3) is 2.20. The Bertz CT molecular complexity index is 554. The quantitative estimate of drug-likeness (QED) is 0.873. The van der Waals surface area contributed by atoms with Gasteiger partial charge in [0.15, 0.2) is 5.78 Å². The van der Waals surface area contributed by atoms with Crippen LogP contribution in [0.5, 0.6) is 5.75 Å². The van der Waals surface area contributed by atoms with Crippen molar-refractivity contribution in [3.05, 3.63) is 40.5 Å². The number of phenols is 1. The van der Waals surface area contributed by atoms with Crippen molar-refractivity contribution in [2.45, 2.75) is 52.4 Å². The highest BCUT2D eigenvalue weighted by molar-refractivity contribution is 5.97. The van der Waals surface area contributed by atoms with E-state index in [-0.39, 0.29) is 11.2 Å². The highest BCUT2D eigenvalue weighted by atomic mass is 16.3. The Kier molecular flexibility index (Phi) is 3.53. The fourth-order valence-corrected chi connectivity index (χ4v) is 3.11. The van der Waals surface area contributed by atoms with E-state index in [0.29, 0.717) is 12.2 Å². The molecule has 2 rings (SSSR count). The van der Waals surface area contributed by atoms with Gasteiger partial charge in [-0.05, 0) is 55.5 Å². The van der Waals surface area contributed by atoms with Gasteiger partial charge in [0.25, 0.3) is 0 Å². The molecule has 19 heavy (non-hydrogen) atoms. The van der Waals surface area contributed by atoms with Gasteiger partial charge >= 0.3 is 0 Å². The number of benzene rings is 1. The number of phenolic OH excluding ortho intramolecular Hbond substituents is 1. The van der Waals surface area contributed by atoms with Gasteiger partial charge in [0.2, 0.25) is 0 Å². The van der Waals surface area contributed by atoms with E-state index in [1.54, 1.807) is 6.07 Å². The monoisotopic (exact) mass is 258 g/mol. The van der Waals surface area contributed by atoms with Crippen LogP contribution in [0.2, 0.25) is 0 Å². The van der Waals surface area contributed by atoms with Crippen LogP contribution in [0, 0.1) is 0 Å². The Morgan fingerprint density at radius 3 is 2.63 bits per heavy atom. The molecule has 0 heterocycles. The van der Waals surface area contributed by atoms with E-state index >= 15 is 0 Å². The largest absolute Gasteiger partial charge is 0.508 e. The van der Waals surface area contributed by atoms with Crippen LogP contribution in [0.15, 0.2) is 29.3 Å². The van der Waals surface area contributed by atoms with Crippen LogP contribution in [-0.2, 0) is 16.6 Å². The molecule has 1 aliphatic rings. The van der Waals surface area contributed by atoms with Crippen molar-refractivity contribution in [3.63, 3.8) is 0 Å². The summed E-state index contributed by atoms with van der Waals surface area (Å²) in [4.78, 5) is 11.8. The van der Waals surface area contributed by atoms with Crippen LogP contribution in [0.4, 0.5) is 0 Å². The number of aromatic hydroxyl groups is 1. The first-order valence-electron chi connectivity index (χ1n) is 6.93. The van der Waals surface area contributed by atoms with E-state index in [2.05, 4.69) is 20.8 Å². The molecule has 1 aromatic carbocycles. The number of carbonyl (C=O) groups is 1. The number of carbonyl (C=O) groups excluding carboxylic acids is 1. The average molecular weight is 258 g/mol. The lowest BCUT2D eigenvalue weighted by molar-refractivity contribution is -0.116. The number of ketones is 1. The Labute approximate surface area is 115 Å². The molecule has 0 bridgehead atoms. The number of rotatable bonds is 2. The Hall–Kier alpha value is -1.57. The van der Waals surface area contributed by atoms with Crippen molar-refractivity contribution < 1.29 is 9.90 Å². The second kappa shape index (κ2) is 4.84. The molecule has 0 fully saturated rings. The van der Waals surface area contributed by atoms with E-state index in [9.17, 15) is 9.90 Å². The van der Waals surface area contributed by atoms with Gasteiger partial charge in [-0.1, -0.05) is 25.5 Å². The van der Waals surface area contributed by atoms with Crippen molar-refractivity contribution in [3.8, 4) is 5.75 Å². The zero-order chi connectivity index (χ0) is 14.2. The first-order valence-corrected chi connectivity index (χ1v) is 6.93. The molecule has 1 unspecified atom stereocenters. The molecular formula is C17H22O2. The van der Waals surface area contributed by atoms with Crippen molar-refractivity contribution in [1.29, 1.82) is 0 Å². The standard InChI is InChI=1S/C17H22O2/c1-5-13-10-14(18)6-7-15(13)17(4)9-8-16(19)11(2)12(17)3/h6-7,10,18H,5,8-9H2,1-4H3. The maximum atomic E-state index is 11.8. The molecule has 102 valence electrons. The lowest BCUT2D eigenvalue weighted by Crippen LogP contribution is -2.31. The highest BCUT2D eigenvalue weighted by Crippen LogP contribution is 2.43. The van der Waals surface area contributed by atoms with Gasteiger partial charge in [-0.2, -0.15) is 0 Å². The molecule has 0 saturated carbocycles. The van der Waals surface area contributed by atoms with Crippen LogP contribution < -0.4 is 0 Å². The summed E-state index contributed by atoms with van der Waals surface area (Å²) in [5.41, 5.74) is 4.41. The second-order valence-electron chi connectivity index (χ2n) is 5.70. The molecule has 0 spiro atoms. The molecule has 0 amide bonds. The third-order valence-corrected chi connectivity index (χ3v) is 4.72. The topological polar surface area (TPSA) is 37.3 Å². The minimum absolute atomic E-state index is 0.0863. The Morgan fingerprint density at radius 2 is 2.00 bits per heavy atom. The van der Waals surface area contributed by atoms with Crippen LogP contribution in [0.25, 0.3) is 0 Å². The third-order valence-electron chi connectivity index (χ3n) is 4.72. The number of hydrogen-bond acceptors (Lipinski definition) is 2. The predicted molar refractivity (Wildman–Crippen MR) is 77.5 cm³/mol. The molecule has 2 heteroatoms. The minimum atomic E-state index is -0.0863. The molecular weight excluding hydrogens is 236 g/mol. The van der Waals surface area contributed by atoms with Crippen molar-refractivity contribution in [2.24, 2.45) is 0 Å². The van der Waals surface area contributed by atoms with Gasteiger partial charge in [0.1, 0.15) is 5.75 Å². The molecule has 0 aliphatic heterocycles. The maximum absolute atomic E-state index is 11.8. The first-order chi connectivity index (χ1) is 8.90. The summed E-state index contributed by atoms with van der Waals surface area (Å²) < 4.78 is 0. The Morgan fingerprint density at radius 1 is 1.32 bits per heavy atom. The second-order valence-corrected chi connectivity index (χ2v) is 5.70. The summed E-state index contributed by atoms with van der Waals surface area (Å²) >= 11 is 0. The molecule has 1 atom stereocenters. The van der Waals surface area contributed by atoms with Crippen molar-refractivity contribution in [2.75, 3.05) is 0 Å². The summed E-state index contributed by atoms with van der Waals surface area (Å²) in [7, 11) is 0. The van der Waals surface area contributed by atoms with Crippen LogP contribution in [-0.4, -0.2) is 10.9 Å². The zero-order valence-corrected chi connectivity index (χ0v) is 12.2. The van der Waals surface area contributed by atoms with Crippen LogP contribution in [0.3, 0.4) is 0 Å². The van der Waals surface area contributed by atoms with Gasteiger partial charge in [-0.3, -0.25) is 4.79 Å². The predicted octanol–water partition coefficient (Wildman–Crippen LogP) is 3.91. The molecule has 0 saturated heterocycles. The first kappa shape index (κ1) is 13.9. The molecule has 1 aliphatic carbocycles. The number of Topliss-reactive ketones (excluding diaryl/α,β-unsaturated/α-hetero) is 1. The molecule has 0 radical (unpaired) electrons. The molecule has 2 nitrogen and oxygen atoms in total. The van der Waals surface area contributed by atoms with Crippen molar-refractivity contribution in [1.82, 2.24) is 0 Å². The van der Waals surface area contributed by atoms with E-state index in [4.69, 9.17) is 0 Å². The normalized spacial score (nSPS) is 23.9. The summed E-state index contributed by atoms with van der Waals surface area (Å²) in [6, 6.07) is 5.61. The fraction of sp³-hybridized carbons (Fsp3) is 0.471. The summed E-state index contributed by atoms with van der Waals surface area (Å²) in [6.07, 6.45) is 2.36. The number of aryl methyl sites for hydroxylation is 1. The van der Waals surface area contributed by atoms with Crippen LogP contribution in [0.1, 0.15) is 51.7 Å². The van der Waals surface area contributed by atoms with Gasteiger partial charge < -0.3 is 5.11 Å². The molecule has 1 N–H and O–H groups in total. The van der Waals surface area contributed by atoms with E-state index < -0.39 is 0 Å². The average Bonchev–Trinajstić information content (AvgIpc) is 2.40. The number of hydrogen-bond donors (Lipinski definition) is 1. The number of allylic oxidation sites excluding steroid dienone is 2. The fourth-order valence-electron chi connectivity index (χ4n) is 3.11. The van der Waals surface area contributed by atoms with Gasteiger partial charge in [-0.15, -0.1) is 0 Å². The Balaban J connectivity index is 2.60. The lowest BCUT2D eigenvalue weighted by atomic mass is 9.66. The summed E-state index contributed by atoms with van der Waals surface area (Å²) in [5, 5.41) is 9.64. The minimum Gasteiger partial charge on any atom is -0.508 e. The van der Waals surface area contributed by atoms with E-state index in [1.165, 1.54) is 16.7 Å². The molecule has 0 aromatic heterocycles. The van der Waals surface area contributed by atoms with Gasteiger partial charge in [-0.25, -0.2) is 0 Å². The van der Waals surface area contributed by atoms with Gasteiger partial charge in [0.05, 0.1) is 0 Å². The van der Waals surface area contributed by atoms with Crippen LogP contribution >= 0.6 is 0 Å². The van der Waals surface area contributed by atoms with E-state index in [0.717, 1.165) is 18.4 Å². The SMILES string of the molecule is CCc1cc(O)ccc1C1(C)CCC(=O)C(C)=C1C. The summed E-state index contributed by atoms with van der Waals surface area (Å²) in [6.45, 7) is 8.31. The van der Waals surface area contributed by atoms with E-state index in [1.807, 2.05) is 19.1 Å². The van der Waals surface area contributed by atoms with Crippen molar-refractivity contribution >= 4 is 5.78 Å². The summed E-state index contributed by atoms with van der Waals surface area (Å²) in [5.74, 6) is 0.584. The molecule has 1 aromatic rings. The maximum Gasteiger partial charge on any atom is 0.158 e. The van der Waals surface area contributed by atoms with Gasteiger partial charge in [0, 0.05) is 11.8 Å².